The number of benzene rings is 2. The van der Waals surface area contributed by atoms with Crippen molar-refractivity contribution in [2.45, 2.75) is 4.90 Å². The second-order valence-electron chi connectivity index (χ2n) is 5.75. The predicted octanol–water partition coefficient (Wildman–Crippen LogP) is 3.98. The number of carbonyl (C=O) groups excluding carboxylic acids is 2. The molecular formula is C17H8F4I3O8S-. The van der Waals surface area contributed by atoms with Gasteiger partial charge in [0.25, 0.3) is 0 Å². The molecule has 2 rings (SSSR count). The first-order chi connectivity index (χ1) is 15.2. The zero-order chi connectivity index (χ0) is 25.2. The van der Waals surface area contributed by atoms with Crippen molar-refractivity contribution in [2.24, 2.45) is 0 Å². The Labute approximate surface area is 224 Å². The molecule has 0 bridgehead atoms. The number of hydrogen-bond acceptors (Lipinski definition) is 8. The van der Waals surface area contributed by atoms with Crippen LogP contribution >= 0.6 is 67.8 Å². The lowest BCUT2D eigenvalue weighted by Crippen LogP contribution is -2.20. The second kappa shape index (κ2) is 11.2. The van der Waals surface area contributed by atoms with E-state index in [1.54, 1.807) is 6.07 Å². The SMILES string of the molecule is COc1c(I)cc(I)c(C(=O)OCCOC(=O)c2c(F)c(F)c(S(=O)(=O)[O-])c(F)c2F)c1I. The van der Waals surface area contributed by atoms with E-state index >= 15 is 0 Å². The fourth-order valence-electron chi connectivity index (χ4n) is 2.37. The molecular weight excluding hydrogens is 821 g/mol. The molecule has 0 amide bonds. The molecule has 0 unspecified atom stereocenters. The van der Waals surface area contributed by atoms with E-state index in [4.69, 9.17) is 9.47 Å². The molecule has 8 nitrogen and oxygen atoms in total. The normalized spacial score (nSPS) is 11.3. The number of rotatable bonds is 7. The summed E-state index contributed by atoms with van der Waals surface area (Å²) in [6.45, 7) is -1.38. The van der Waals surface area contributed by atoms with Gasteiger partial charge < -0.3 is 18.8 Å². The molecule has 0 aliphatic carbocycles. The molecule has 33 heavy (non-hydrogen) atoms. The molecule has 0 aromatic heterocycles. The second-order valence-corrected chi connectivity index (χ2v) is 10.5. The van der Waals surface area contributed by atoms with Crippen LogP contribution in [0.3, 0.4) is 0 Å². The van der Waals surface area contributed by atoms with Gasteiger partial charge in [-0.05, 0) is 73.8 Å². The summed E-state index contributed by atoms with van der Waals surface area (Å²) >= 11 is 5.76. The zero-order valence-electron chi connectivity index (χ0n) is 15.8. The van der Waals surface area contributed by atoms with Gasteiger partial charge in [0.15, 0.2) is 23.3 Å². The Morgan fingerprint density at radius 2 is 1.33 bits per heavy atom. The molecule has 2 aromatic carbocycles. The highest BCUT2D eigenvalue weighted by molar-refractivity contribution is 14.1. The topological polar surface area (TPSA) is 119 Å². The van der Waals surface area contributed by atoms with Gasteiger partial charge >= 0.3 is 11.9 Å². The van der Waals surface area contributed by atoms with Gasteiger partial charge in [0.2, 0.25) is 0 Å². The molecule has 0 N–H and O–H groups in total. The smallest absolute Gasteiger partial charge is 0.344 e. The van der Waals surface area contributed by atoms with Gasteiger partial charge in [0.05, 0.1) is 19.8 Å². The summed E-state index contributed by atoms with van der Waals surface area (Å²) in [5, 5.41) is 0. The Morgan fingerprint density at radius 3 is 1.76 bits per heavy atom. The first-order valence-corrected chi connectivity index (χ1v) is 12.8. The summed E-state index contributed by atoms with van der Waals surface area (Å²) in [5.41, 5.74) is -1.74. The molecule has 0 fully saturated rings. The van der Waals surface area contributed by atoms with Crippen LogP contribution in [0.4, 0.5) is 17.6 Å². The monoisotopic (exact) mass is 829 g/mol. The summed E-state index contributed by atoms with van der Waals surface area (Å²) in [6, 6.07) is 1.65. The van der Waals surface area contributed by atoms with Gasteiger partial charge in [-0.25, -0.2) is 35.6 Å². The molecule has 0 radical (unpaired) electrons. The standard InChI is InChI=1S/C17H9F4I3O8S/c1-30-14-6(23)4-5(22)7(13(14)24)16(25)31-2-3-32-17(26)8-9(18)11(20)15(33(27,28)29)12(21)10(8)19/h4H,2-3H2,1H3,(H,27,28,29)/p-1. The van der Waals surface area contributed by atoms with E-state index in [1.807, 2.05) is 67.8 Å². The molecule has 180 valence electrons. The molecule has 0 aliphatic rings. The average molecular weight is 829 g/mol. The van der Waals surface area contributed by atoms with Crippen LogP contribution in [0.15, 0.2) is 11.0 Å². The molecule has 0 saturated heterocycles. The summed E-state index contributed by atoms with van der Waals surface area (Å²) in [5.74, 6) is -12.3. The summed E-state index contributed by atoms with van der Waals surface area (Å²) in [7, 11) is -4.52. The van der Waals surface area contributed by atoms with E-state index in [2.05, 4.69) is 4.74 Å². The van der Waals surface area contributed by atoms with Gasteiger partial charge in [-0.3, -0.25) is 0 Å². The zero-order valence-corrected chi connectivity index (χ0v) is 23.1. The maximum Gasteiger partial charge on any atom is 0.344 e. The third kappa shape index (κ3) is 5.99. The van der Waals surface area contributed by atoms with Crippen molar-refractivity contribution < 1.29 is 54.3 Å². The molecule has 16 heteroatoms. The van der Waals surface area contributed by atoms with Crippen LogP contribution in [0.5, 0.6) is 5.75 Å². The van der Waals surface area contributed by atoms with Crippen LogP contribution in [0.1, 0.15) is 20.7 Å². The Morgan fingerprint density at radius 1 is 0.879 bits per heavy atom. The lowest BCUT2D eigenvalue weighted by Gasteiger charge is -2.14. The fourth-order valence-corrected chi connectivity index (χ4v) is 7.24. The minimum absolute atomic E-state index is 0.149. The minimum Gasteiger partial charge on any atom is -0.744 e. The van der Waals surface area contributed by atoms with Crippen LogP contribution in [0.25, 0.3) is 0 Å². The van der Waals surface area contributed by atoms with E-state index in [9.17, 15) is 40.1 Å². The maximum atomic E-state index is 13.9. The number of halogens is 7. The van der Waals surface area contributed by atoms with Gasteiger partial charge in [-0.15, -0.1) is 0 Å². The quantitative estimate of drug-likeness (QED) is 0.103. The van der Waals surface area contributed by atoms with Crippen molar-refractivity contribution in [3.8, 4) is 5.75 Å². The highest BCUT2D eigenvalue weighted by Gasteiger charge is 2.33. The Kier molecular flexibility index (Phi) is 9.55. The maximum absolute atomic E-state index is 13.9. The van der Waals surface area contributed by atoms with Crippen LogP contribution < -0.4 is 4.74 Å². The Balaban J connectivity index is 2.15. The summed E-state index contributed by atoms with van der Waals surface area (Å²) in [6.07, 6.45) is 0. The van der Waals surface area contributed by atoms with E-state index < -0.39 is 69.0 Å². The van der Waals surface area contributed by atoms with Crippen LogP contribution in [0.2, 0.25) is 0 Å². The highest BCUT2D eigenvalue weighted by atomic mass is 127. The third-order valence-corrected chi connectivity index (χ3v) is 7.30. The first kappa shape index (κ1) is 28.2. The summed E-state index contributed by atoms with van der Waals surface area (Å²) < 4.78 is 104. The van der Waals surface area contributed by atoms with Gasteiger partial charge in [0.1, 0.15) is 39.5 Å². The predicted molar refractivity (Wildman–Crippen MR) is 126 cm³/mol. The van der Waals surface area contributed by atoms with E-state index in [1.165, 1.54) is 7.11 Å². The van der Waals surface area contributed by atoms with Gasteiger partial charge in [0, 0.05) is 3.57 Å². The molecule has 0 atom stereocenters. The number of methoxy groups -OCH3 is 1. The first-order valence-electron chi connectivity index (χ1n) is 8.11. The molecule has 0 saturated carbocycles. The summed E-state index contributed by atoms with van der Waals surface area (Å²) in [4.78, 5) is 21.8. The van der Waals surface area contributed by atoms with E-state index in [0.29, 0.717) is 12.9 Å². The van der Waals surface area contributed by atoms with Crippen molar-refractivity contribution in [1.29, 1.82) is 0 Å². The largest absolute Gasteiger partial charge is 0.744 e. The third-order valence-electron chi connectivity index (χ3n) is 3.76. The van der Waals surface area contributed by atoms with Crippen LogP contribution in [-0.2, 0) is 19.6 Å². The Bertz CT molecular complexity index is 1220. The highest BCUT2D eigenvalue weighted by Crippen LogP contribution is 2.33. The van der Waals surface area contributed by atoms with Crippen LogP contribution in [-0.4, -0.2) is 45.2 Å². The molecule has 2 aromatic rings. The Hall–Kier alpha value is -1.00. The fraction of sp³-hybridized carbons (Fsp3) is 0.176. The van der Waals surface area contributed by atoms with Crippen molar-refractivity contribution >= 4 is 89.8 Å². The van der Waals surface area contributed by atoms with E-state index in [-0.39, 0.29) is 5.56 Å². The van der Waals surface area contributed by atoms with Crippen molar-refractivity contribution in [2.75, 3.05) is 20.3 Å². The minimum atomic E-state index is -5.92. The van der Waals surface area contributed by atoms with E-state index in [0.717, 1.165) is 3.57 Å². The number of ether oxygens (including phenoxy) is 3. The van der Waals surface area contributed by atoms with Gasteiger partial charge in [-0.2, -0.15) is 0 Å². The van der Waals surface area contributed by atoms with Crippen LogP contribution in [0, 0.1) is 34.0 Å². The number of carbonyl (C=O) groups is 2. The molecule has 0 spiro atoms. The van der Waals surface area contributed by atoms with Crippen molar-refractivity contribution in [3.63, 3.8) is 0 Å². The van der Waals surface area contributed by atoms with Gasteiger partial charge in [-0.1, -0.05) is 0 Å². The molecule has 0 heterocycles. The number of esters is 2. The average Bonchev–Trinajstić information content (AvgIpc) is 2.69. The van der Waals surface area contributed by atoms with Crippen molar-refractivity contribution in [1.82, 2.24) is 0 Å². The molecule has 0 aliphatic heterocycles. The lowest BCUT2D eigenvalue weighted by molar-refractivity contribution is 0.0256. The lowest BCUT2D eigenvalue weighted by atomic mass is 10.2. The van der Waals surface area contributed by atoms with Crippen molar-refractivity contribution in [3.05, 3.63) is 51.2 Å². The number of hydrogen-bond donors (Lipinski definition) is 0.